The molecule has 0 fully saturated rings. The maximum absolute atomic E-state index is 11.1. The normalized spacial score (nSPS) is 10.2. The number of anilines is 1. The Morgan fingerprint density at radius 2 is 2.13 bits per heavy atom. The number of carbonyl (C=O) groups excluding carboxylic acids is 1. The molecule has 0 saturated carbocycles. The Labute approximate surface area is 103 Å². The molecular weight excluding hydrogens is 258 g/mol. The van der Waals surface area contributed by atoms with Gasteiger partial charge in [0, 0.05) is 25.7 Å². The van der Waals surface area contributed by atoms with Crippen molar-refractivity contribution in [3.63, 3.8) is 0 Å². The maximum atomic E-state index is 11.1. The number of pyridine rings is 1. The van der Waals surface area contributed by atoms with Crippen molar-refractivity contribution in [1.29, 1.82) is 0 Å². The lowest BCUT2D eigenvalue weighted by Gasteiger charge is -2.17. The number of rotatable bonds is 2. The van der Waals surface area contributed by atoms with E-state index >= 15 is 0 Å². The van der Waals surface area contributed by atoms with Crippen LogP contribution in [0.3, 0.4) is 0 Å². The predicted molar refractivity (Wildman–Crippen MR) is 62.9 cm³/mol. The van der Waals surface area contributed by atoms with Crippen LogP contribution < -0.4 is 4.90 Å². The minimum Gasteiger partial charge on any atom is -0.299 e. The SMILES string of the molecule is CC(=O)N(C)c1ncc(Cl)c(CCl)c1Cl. The van der Waals surface area contributed by atoms with E-state index in [1.165, 1.54) is 18.0 Å². The molecule has 1 aromatic rings. The molecule has 0 radical (unpaired) electrons. The molecule has 6 heteroatoms. The topological polar surface area (TPSA) is 33.2 Å². The Bertz CT molecular complexity index is 395. The molecule has 82 valence electrons. The molecule has 0 aliphatic carbocycles. The third-order valence-electron chi connectivity index (χ3n) is 1.97. The predicted octanol–water partition coefficient (Wildman–Crippen LogP) is 3.11. The van der Waals surface area contributed by atoms with Gasteiger partial charge in [-0.15, -0.1) is 11.6 Å². The fourth-order valence-corrected chi connectivity index (χ4v) is 2.01. The number of amides is 1. The van der Waals surface area contributed by atoms with E-state index in [-0.39, 0.29) is 11.8 Å². The molecule has 0 atom stereocenters. The summed E-state index contributed by atoms with van der Waals surface area (Å²) in [6.45, 7) is 1.42. The van der Waals surface area contributed by atoms with Gasteiger partial charge in [0.25, 0.3) is 0 Å². The molecule has 15 heavy (non-hydrogen) atoms. The lowest BCUT2D eigenvalue weighted by Crippen LogP contribution is -2.24. The highest BCUT2D eigenvalue weighted by Gasteiger charge is 2.16. The second-order valence-corrected chi connectivity index (χ2v) is 3.99. The van der Waals surface area contributed by atoms with E-state index in [1.54, 1.807) is 7.05 Å². The Morgan fingerprint density at radius 3 is 2.60 bits per heavy atom. The number of aromatic nitrogens is 1. The molecule has 0 aliphatic heterocycles. The monoisotopic (exact) mass is 266 g/mol. The molecule has 1 aromatic heterocycles. The summed E-state index contributed by atoms with van der Waals surface area (Å²) in [7, 11) is 1.59. The van der Waals surface area contributed by atoms with Gasteiger partial charge in [-0.1, -0.05) is 23.2 Å². The molecule has 0 saturated heterocycles. The first-order valence-corrected chi connectivity index (χ1v) is 5.41. The fraction of sp³-hybridized carbons (Fsp3) is 0.333. The molecule has 0 aromatic carbocycles. The lowest BCUT2D eigenvalue weighted by molar-refractivity contribution is -0.116. The number of hydrogen-bond donors (Lipinski definition) is 0. The summed E-state index contributed by atoms with van der Waals surface area (Å²) in [5.74, 6) is 0.385. The van der Waals surface area contributed by atoms with Crippen molar-refractivity contribution in [3.05, 3.63) is 21.8 Å². The highest BCUT2D eigenvalue weighted by Crippen LogP contribution is 2.32. The maximum Gasteiger partial charge on any atom is 0.224 e. The van der Waals surface area contributed by atoms with Crippen LogP contribution >= 0.6 is 34.8 Å². The van der Waals surface area contributed by atoms with E-state index in [0.29, 0.717) is 21.4 Å². The van der Waals surface area contributed by atoms with Crippen LogP contribution in [0.25, 0.3) is 0 Å². The van der Waals surface area contributed by atoms with Gasteiger partial charge >= 0.3 is 0 Å². The van der Waals surface area contributed by atoms with E-state index in [1.807, 2.05) is 0 Å². The molecule has 1 heterocycles. The third kappa shape index (κ3) is 2.54. The molecular formula is C9H9Cl3N2O. The zero-order valence-corrected chi connectivity index (χ0v) is 10.5. The standard InChI is InChI=1S/C9H9Cl3N2O/c1-5(15)14(2)9-8(12)6(3-10)7(11)4-13-9/h4H,3H2,1-2H3. The van der Waals surface area contributed by atoms with Gasteiger partial charge in [0.05, 0.1) is 15.9 Å². The van der Waals surface area contributed by atoms with E-state index in [0.717, 1.165) is 0 Å². The zero-order chi connectivity index (χ0) is 11.6. The molecule has 0 spiro atoms. The number of hydrogen-bond acceptors (Lipinski definition) is 2. The summed E-state index contributed by atoms with van der Waals surface area (Å²) in [6.07, 6.45) is 1.43. The highest BCUT2D eigenvalue weighted by atomic mass is 35.5. The number of halogens is 3. The van der Waals surface area contributed by atoms with Gasteiger partial charge in [-0.25, -0.2) is 4.98 Å². The Balaban J connectivity index is 3.27. The van der Waals surface area contributed by atoms with Crippen molar-refractivity contribution < 1.29 is 4.79 Å². The van der Waals surface area contributed by atoms with Crippen LogP contribution in [0.2, 0.25) is 10.0 Å². The minimum absolute atomic E-state index is 0.160. The first kappa shape index (κ1) is 12.6. The van der Waals surface area contributed by atoms with Crippen molar-refractivity contribution in [2.75, 3.05) is 11.9 Å². The average molecular weight is 268 g/mol. The molecule has 0 unspecified atom stereocenters. The fourth-order valence-electron chi connectivity index (χ4n) is 0.998. The second kappa shape index (κ2) is 5.01. The second-order valence-electron chi connectivity index (χ2n) is 2.93. The Morgan fingerprint density at radius 1 is 1.53 bits per heavy atom. The summed E-state index contributed by atoms with van der Waals surface area (Å²) >= 11 is 17.6. The zero-order valence-electron chi connectivity index (χ0n) is 8.22. The van der Waals surface area contributed by atoms with Crippen LogP contribution in [0.1, 0.15) is 12.5 Å². The van der Waals surface area contributed by atoms with E-state index in [2.05, 4.69) is 4.98 Å². The number of nitrogens with zero attached hydrogens (tertiary/aromatic N) is 2. The van der Waals surface area contributed by atoms with Gasteiger partial charge < -0.3 is 0 Å². The molecule has 0 N–H and O–H groups in total. The van der Waals surface area contributed by atoms with Gasteiger partial charge in [0.1, 0.15) is 0 Å². The lowest BCUT2D eigenvalue weighted by atomic mass is 10.3. The first-order valence-electron chi connectivity index (χ1n) is 4.12. The smallest absolute Gasteiger partial charge is 0.224 e. The van der Waals surface area contributed by atoms with Crippen LogP contribution in [0.4, 0.5) is 5.82 Å². The summed E-state index contributed by atoms with van der Waals surface area (Å²) in [4.78, 5) is 16.5. The van der Waals surface area contributed by atoms with Crippen LogP contribution in [0, 0.1) is 0 Å². The van der Waals surface area contributed by atoms with Gasteiger partial charge in [-0.05, 0) is 0 Å². The third-order valence-corrected chi connectivity index (χ3v) is 2.96. The van der Waals surface area contributed by atoms with Crippen LogP contribution in [0.5, 0.6) is 0 Å². The number of alkyl halides is 1. The van der Waals surface area contributed by atoms with Crippen molar-refractivity contribution in [1.82, 2.24) is 4.98 Å². The largest absolute Gasteiger partial charge is 0.299 e. The molecule has 3 nitrogen and oxygen atoms in total. The van der Waals surface area contributed by atoms with Crippen LogP contribution in [-0.2, 0) is 10.7 Å². The molecule has 0 bridgehead atoms. The molecule has 1 amide bonds. The Hall–Kier alpha value is -0.510. The quantitative estimate of drug-likeness (QED) is 0.772. The van der Waals surface area contributed by atoms with Crippen molar-refractivity contribution in [2.45, 2.75) is 12.8 Å². The molecule has 0 aliphatic rings. The van der Waals surface area contributed by atoms with E-state index in [4.69, 9.17) is 34.8 Å². The summed E-state index contributed by atoms with van der Waals surface area (Å²) < 4.78 is 0. The van der Waals surface area contributed by atoms with E-state index in [9.17, 15) is 4.79 Å². The van der Waals surface area contributed by atoms with Crippen LogP contribution in [-0.4, -0.2) is 17.9 Å². The first-order chi connectivity index (χ1) is 6.99. The van der Waals surface area contributed by atoms with E-state index < -0.39 is 0 Å². The summed E-state index contributed by atoms with van der Waals surface area (Å²) in [6, 6.07) is 0. The van der Waals surface area contributed by atoms with Gasteiger partial charge in [-0.3, -0.25) is 9.69 Å². The summed E-state index contributed by atoms with van der Waals surface area (Å²) in [5.41, 5.74) is 0.582. The van der Waals surface area contributed by atoms with Gasteiger partial charge in [0.2, 0.25) is 5.91 Å². The minimum atomic E-state index is -0.160. The van der Waals surface area contributed by atoms with Crippen molar-refractivity contribution >= 4 is 46.5 Å². The summed E-state index contributed by atoms with van der Waals surface area (Å²) in [5, 5.41) is 0.714. The Kier molecular flexibility index (Phi) is 4.20. The van der Waals surface area contributed by atoms with Crippen LogP contribution in [0.15, 0.2) is 6.20 Å². The van der Waals surface area contributed by atoms with Crippen molar-refractivity contribution in [3.8, 4) is 0 Å². The average Bonchev–Trinajstić information content (AvgIpc) is 2.17. The van der Waals surface area contributed by atoms with Gasteiger partial charge in [0.15, 0.2) is 5.82 Å². The number of carbonyl (C=O) groups is 1. The van der Waals surface area contributed by atoms with Gasteiger partial charge in [-0.2, -0.15) is 0 Å². The van der Waals surface area contributed by atoms with Crippen molar-refractivity contribution in [2.24, 2.45) is 0 Å². The molecule has 1 rings (SSSR count). The highest BCUT2D eigenvalue weighted by molar-refractivity contribution is 6.38.